The zero-order valence-corrected chi connectivity index (χ0v) is 17.9. The van der Waals surface area contributed by atoms with Crippen molar-refractivity contribution in [3.05, 3.63) is 28.8 Å². The number of piperazine rings is 1. The highest BCUT2D eigenvalue weighted by Gasteiger charge is 2.40. The van der Waals surface area contributed by atoms with E-state index in [1.807, 2.05) is 28.0 Å². The summed E-state index contributed by atoms with van der Waals surface area (Å²) in [5.41, 5.74) is 1.06. The highest BCUT2D eigenvalue weighted by Crippen LogP contribution is 2.30. The fourth-order valence-corrected chi connectivity index (χ4v) is 5.16. The molecule has 1 aromatic rings. The molecule has 2 heterocycles. The highest BCUT2D eigenvalue weighted by atomic mass is 35.5. The van der Waals surface area contributed by atoms with Crippen LogP contribution in [0.1, 0.15) is 37.7 Å². The number of rotatable bonds is 5. The van der Waals surface area contributed by atoms with Crippen LogP contribution >= 0.6 is 11.6 Å². The van der Waals surface area contributed by atoms with Gasteiger partial charge in [0.1, 0.15) is 5.75 Å². The van der Waals surface area contributed by atoms with Crippen LogP contribution in [-0.4, -0.2) is 72.4 Å². The predicted molar refractivity (Wildman–Crippen MR) is 112 cm³/mol. The minimum Gasteiger partial charge on any atom is -0.496 e. The topological polar surface area (TPSA) is 53.1 Å². The smallest absolute Gasteiger partial charge is 0.228 e. The number of halogens is 1. The summed E-state index contributed by atoms with van der Waals surface area (Å²) >= 11 is 6.14. The maximum absolute atomic E-state index is 13.0. The Bertz CT molecular complexity index is 758. The fraction of sp³-hybridized carbons (Fsp3) is 0.636. The van der Waals surface area contributed by atoms with Crippen molar-refractivity contribution in [2.24, 2.45) is 5.92 Å². The molecule has 1 atom stereocenters. The molecule has 0 bridgehead atoms. The first-order valence-corrected chi connectivity index (χ1v) is 11.1. The summed E-state index contributed by atoms with van der Waals surface area (Å²) < 4.78 is 5.44. The maximum atomic E-state index is 13.0. The van der Waals surface area contributed by atoms with Crippen molar-refractivity contribution in [1.82, 2.24) is 14.7 Å². The van der Waals surface area contributed by atoms with Gasteiger partial charge in [-0.3, -0.25) is 14.5 Å². The molecule has 2 saturated heterocycles. The molecule has 6 nitrogen and oxygen atoms in total. The molecule has 3 fully saturated rings. The van der Waals surface area contributed by atoms with Gasteiger partial charge in [-0.05, 0) is 31.0 Å². The van der Waals surface area contributed by atoms with Gasteiger partial charge < -0.3 is 14.5 Å². The monoisotopic (exact) mass is 419 g/mol. The number of amides is 2. The van der Waals surface area contributed by atoms with Gasteiger partial charge >= 0.3 is 0 Å². The van der Waals surface area contributed by atoms with Crippen LogP contribution < -0.4 is 4.74 Å². The quantitative estimate of drug-likeness (QED) is 0.736. The second-order valence-corrected chi connectivity index (χ2v) is 8.88. The zero-order chi connectivity index (χ0) is 20.4. The van der Waals surface area contributed by atoms with Crippen LogP contribution in [0.2, 0.25) is 5.02 Å². The van der Waals surface area contributed by atoms with Crippen LogP contribution in [0.3, 0.4) is 0 Å². The number of carbonyl (C=O) groups excluding carboxylic acids is 2. The zero-order valence-electron chi connectivity index (χ0n) is 17.1. The average Bonchev–Trinajstić information content (AvgIpc) is 3.38. The highest BCUT2D eigenvalue weighted by molar-refractivity contribution is 6.30. The first-order chi connectivity index (χ1) is 14.0. The first-order valence-electron chi connectivity index (χ1n) is 10.7. The first kappa shape index (κ1) is 20.5. The lowest BCUT2D eigenvalue weighted by Crippen LogP contribution is -2.50. The van der Waals surface area contributed by atoms with Crippen LogP contribution in [0.15, 0.2) is 18.2 Å². The molecule has 3 aliphatic rings. The van der Waals surface area contributed by atoms with Crippen molar-refractivity contribution in [3.63, 3.8) is 0 Å². The maximum Gasteiger partial charge on any atom is 0.228 e. The van der Waals surface area contributed by atoms with Gasteiger partial charge in [0.25, 0.3) is 0 Å². The Morgan fingerprint density at radius 2 is 1.90 bits per heavy atom. The van der Waals surface area contributed by atoms with Gasteiger partial charge in [0.05, 0.1) is 13.0 Å². The van der Waals surface area contributed by atoms with Crippen molar-refractivity contribution in [1.29, 1.82) is 0 Å². The molecule has 2 amide bonds. The number of methoxy groups -OCH3 is 1. The number of carbonyl (C=O) groups is 2. The third kappa shape index (κ3) is 4.53. The van der Waals surface area contributed by atoms with Gasteiger partial charge in [-0.15, -0.1) is 0 Å². The SMILES string of the molecule is COc1ccc(Cl)cc1CN1CCN(C(=O)C2CC(=O)N(C3CCCC3)C2)CC1. The van der Waals surface area contributed by atoms with Gasteiger partial charge in [0, 0.05) is 62.3 Å². The summed E-state index contributed by atoms with van der Waals surface area (Å²) in [6, 6.07) is 6.03. The third-order valence-electron chi connectivity index (χ3n) is 6.59. The van der Waals surface area contributed by atoms with E-state index in [1.54, 1.807) is 7.11 Å². The Labute approximate surface area is 177 Å². The van der Waals surface area contributed by atoms with Crippen LogP contribution in [-0.2, 0) is 16.1 Å². The number of benzene rings is 1. The van der Waals surface area contributed by atoms with E-state index < -0.39 is 0 Å². The van der Waals surface area contributed by atoms with Gasteiger partial charge in [-0.25, -0.2) is 0 Å². The summed E-state index contributed by atoms with van der Waals surface area (Å²) in [4.78, 5) is 31.7. The van der Waals surface area contributed by atoms with Crippen molar-refractivity contribution in [2.75, 3.05) is 39.8 Å². The van der Waals surface area contributed by atoms with E-state index in [2.05, 4.69) is 4.90 Å². The molecular weight excluding hydrogens is 390 g/mol. The summed E-state index contributed by atoms with van der Waals surface area (Å²) in [7, 11) is 1.67. The Balaban J connectivity index is 1.30. The molecule has 158 valence electrons. The number of hydrogen-bond acceptors (Lipinski definition) is 4. The lowest BCUT2D eigenvalue weighted by Gasteiger charge is -2.36. The molecular formula is C22H30ClN3O3. The van der Waals surface area contributed by atoms with Crippen LogP contribution in [0.5, 0.6) is 5.75 Å². The van der Waals surface area contributed by atoms with Crippen LogP contribution in [0.4, 0.5) is 0 Å². The summed E-state index contributed by atoms with van der Waals surface area (Å²) in [6.45, 7) is 4.40. The molecule has 4 rings (SSSR count). The fourth-order valence-electron chi connectivity index (χ4n) is 4.96. The van der Waals surface area contributed by atoms with Crippen LogP contribution in [0.25, 0.3) is 0 Å². The molecule has 0 N–H and O–H groups in total. The number of ether oxygens (including phenoxy) is 1. The van der Waals surface area contributed by atoms with E-state index in [1.165, 1.54) is 12.8 Å². The van der Waals surface area contributed by atoms with Crippen molar-refractivity contribution in [2.45, 2.75) is 44.7 Å². The molecule has 1 saturated carbocycles. The van der Waals surface area contributed by atoms with E-state index in [0.29, 0.717) is 37.1 Å². The number of nitrogens with zero attached hydrogens (tertiary/aromatic N) is 3. The molecule has 2 aliphatic heterocycles. The molecule has 29 heavy (non-hydrogen) atoms. The molecule has 0 aromatic heterocycles. The molecule has 1 aliphatic carbocycles. The number of hydrogen-bond donors (Lipinski definition) is 0. The Morgan fingerprint density at radius 1 is 1.17 bits per heavy atom. The van der Waals surface area contributed by atoms with Gasteiger partial charge in [-0.1, -0.05) is 24.4 Å². The second-order valence-electron chi connectivity index (χ2n) is 8.44. The second kappa shape index (κ2) is 8.92. The standard InChI is InChI=1S/C22H30ClN3O3/c1-29-20-7-6-18(23)12-16(20)14-24-8-10-25(11-9-24)22(28)17-13-21(27)26(15-17)19-4-2-3-5-19/h6-7,12,17,19H,2-5,8-11,13-15H2,1H3. The van der Waals surface area contributed by atoms with Gasteiger partial charge in [0.2, 0.25) is 11.8 Å². The largest absolute Gasteiger partial charge is 0.496 e. The molecule has 0 radical (unpaired) electrons. The Morgan fingerprint density at radius 3 is 2.59 bits per heavy atom. The molecule has 0 spiro atoms. The van der Waals surface area contributed by atoms with E-state index >= 15 is 0 Å². The average molecular weight is 420 g/mol. The summed E-state index contributed by atoms with van der Waals surface area (Å²) in [6.07, 6.45) is 4.98. The molecule has 1 unspecified atom stereocenters. The summed E-state index contributed by atoms with van der Waals surface area (Å²) in [5.74, 6) is 0.993. The lowest BCUT2D eigenvalue weighted by molar-refractivity contribution is -0.137. The third-order valence-corrected chi connectivity index (χ3v) is 6.83. The van der Waals surface area contributed by atoms with E-state index in [0.717, 1.165) is 43.8 Å². The van der Waals surface area contributed by atoms with Crippen molar-refractivity contribution < 1.29 is 14.3 Å². The lowest BCUT2D eigenvalue weighted by atomic mass is 10.1. The van der Waals surface area contributed by atoms with E-state index in [9.17, 15) is 9.59 Å². The van der Waals surface area contributed by atoms with Gasteiger partial charge in [-0.2, -0.15) is 0 Å². The van der Waals surface area contributed by atoms with Crippen LogP contribution in [0, 0.1) is 5.92 Å². The normalized spacial score (nSPS) is 23.8. The van der Waals surface area contributed by atoms with Gasteiger partial charge in [0.15, 0.2) is 0 Å². The minimum absolute atomic E-state index is 0.152. The van der Waals surface area contributed by atoms with E-state index in [4.69, 9.17) is 16.3 Å². The Kier molecular flexibility index (Phi) is 6.30. The van der Waals surface area contributed by atoms with Crippen molar-refractivity contribution >= 4 is 23.4 Å². The summed E-state index contributed by atoms with van der Waals surface area (Å²) in [5, 5.41) is 0.701. The van der Waals surface area contributed by atoms with E-state index in [-0.39, 0.29) is 17.7 Å². The molecule has 7 heteroatoms. The Hall–Kier alpha value is -1.79. The van der Waals surface area contributed by atoms with Crippen molar-refractivity contribution in [3.8, 4) is 5.75 Å². The number of likely N-dealkylation sites (tertiary alicyclic amines) is 1. The minimum atomic E-state index is -0.164. The molecule has 1 aromatic carbocycles. The predicted octanol–water partition coefficient (Wildman–Crippen LogP) is 2.78.